The average Bonchev–Trinajstić information content (AvgIpc) is 3.30. The van der Waals surface area contributed by atoms with Crippen molar-refractivity contribution < 1.29 is 0 Å². The van der Waals surface area contributed by atoms with Gasteiger partial charge >= 0.3 is 0 Å². The lowest BCUT2D eigenvalue weighted by atomic mass is 10.0. The highest BCUT2D eigenvalue weighted by atomic mass is 15.2. The Kier molecular flexibility index (Phi) is 2.75. The van der Waals surface area contributed by atoms with Gasteiger partial charge in [0.25, 0.3) is 0 Å². The minimum Gasteiger partial charge on any atom is -0.345 e. The van der Waals surface area contributed by atoms with Crippen LogP contribution in [-0.2, 0) is 7.05 Å². The van der Waals surface area contributed by atoms with E-state index in [4.69, 9.17) is 0 Å². The van der Waals surface area contributed by atoms with Gasteiger partial charge in [0, 0.05) is 42.3 Å². The van der Waals surface area contributed by atoms with E-state index >= 15 is 0 Å². The van der Waals surface area contributed by atoms with Gasteiger partial charge in [-0.05, 0) is 13.0 Å². The van der Waals surface area contributed by atoms with E-state index in [0.717, 1.165) is 44.8 Å². The summed E-state index contributed by atoms with van der Waals surface area (Å²) in [7, 11) is 1.89. The highest BCUT2D eigenvalue weighted by Gasteiger charge is 2.16. The third kappa shape index (κ3) is 2.11. The summed E-state index contributed by atoms with van der Waals surface area (Å²) in [6, 6.07) is 2.05. The first-order valence-corrected chi connectivity index (χ1v) is 7.83. The second-order valence-electron chi connectivity index (χ2n) is 5.97. The van der Waals surface area contributed by atoms with Gasteiger partial charge in [0.1, 0.15) is 17.8 Å². The summed E-state index contributed by atoms with van der Waals surface area (Å²) in [5, 5.41) is 5.20. The molecule has 0 amide bonds. The van der Waals surface area contributed by atoms with E-state index in [1.54, 1.807) is 17.2 Å². The number of nitrogens with zero attached hydrogens (tertiary/aromatic N) is 6. The number of nitrogens with one attached hydrogen (secondary N) is 2. The topological polar surface area (TPSA) is 101 Å². The van der Waals surface area contributed by atoms with Crippen molar-refractivity contribution in [2.24, 2.45) is 7.05 Å². The zero-order chi connectivity index (χ0) is 17.0. The molecule has 5 rings (SSSR count). The summed E-state index contributed by atoms with van der Waals surface area (Å²) in [5.41, 5.74) is 6.16. The largest absolute Gasteiger partial charge is 0.345 e. The molecule has 2 N–H and O–H groups in total. The van der Waals surface area contributed by atoms with E-state index in [9.17, 15) is 0 Å². The van der Waals surface area contributed by atoms with Crippen LogP contribution >= 0.6 is 0 Å². The fraction of sp³-hybridized carbons (Fsp3) is 0.118. The molecular formula is C17H14N8. The minimum absolute atomic E-state index is 0.713. The van der Waals surface area contributed by atoms with Gasteiger partial charge in [0.05, 0.1) is 22.8 Å². The molecule has 0 aliphatic heterocycles. The van der Waals surface area contributed by atoms with Gasteiger partial charge in [-0.25, -0.2) is 19.9 Å². The van der Waals surface area contributed by atoms with Crippen molar-refractivity contribution in [2.75, 3.05) is 0 Å². The van der Waals surface area contributed by atoms with Crippen LogP contribution in [0.15, 0.2) is 37.2 Å². The van der Waals surface area contributed by atoms with Gasteiger partial charge in [-0.2, -0.15) is 5.10 Å². The number of aromatic nitrogens is 8. The van der Waals surface area contributed by atoms with Crippen LogP contribution < -0.4 is 0 Å². The smallest absolute Gasteiger partial charge is 0.177 e. The van der Waals surface area contributed by atoms with Crippen molar-refractivity contribution in [3.8, 4) is 22.4 Å². The van der Waals surface area contributed by atoms with Gasteiger partial charge in [0.15, 0.2) is 5.65 Å². The van der Waals surface area contributed by atoms with Gasteiger partial charge in [-0.1, -0.05) is 0 Å². The van der Waals surface area contributed by atoms with Crippen molar-refractivity contribution in [3.63, 3.8) is 0 Å². The molecule has 5 aromatic rings. The van der Waals surface area contributed by atoms with Gasteiger partial charge < -0.3 is 9.97 Å². The van der Waals surface area contributed by atoms with Crippen LogP contribution in [0.1, 0.15) is 5.82 Å². The molecular weight excluding hydrogens is 316 g/mol. The van der Waals surface area contributed by atoms with Gasteiger partial charge in [-0.3, -0.25) is 4.68 Å². The molecule has 8 heteroatoms. The minimum atomic E-state index is 0.713. The van der Waals surface area contributed by atoms with Crippen LogP contribution in [0.4, 0.5) is 0 Å². The molecule has 122 valence electrons. The SMILES string of the molecule is Cc1nc2ncc(-c3c[nH]c4ncnc(-c5cnn(C)c5)c34)cc2[nH]1. The van der Waals surface area contributed by atoms with Crippen molar-refractivity contribution in [3.05, 3.63) is 43.0 Å². The summed E-state index contributed by atoms with van der Waals surface area (Å²) < 4.78 is 1.76. The number of H-pyrrole nitrogens is 2. The second kappa shape index (κ2) is 4.97. The van der Waals surface area contributed by atoms with Crippen molar-refractivity contribution >= 4 is 22.2 Å². The maximum Gasteiger partial charge on any atom is 0.177 e. The Morgan fingerprint density at radius 3 is 2.84 bits per heavy atom. The number of hydrogen-bond donors (Lipinski definition) is 2. The Balaban J connectivity index is 1.78. The van der Waals surface area contributed by atoms with Crippen LogP contribution in [0.3, 0.4) is 0 Å². The van der Waals surface area contributed by atoms with Crippen molar-refractivity contribution in [1.29, 1.82) is 0 Å². The molecule has 0 saturated heterocycles. The lowest BCUT2D eigenvalue weighted by Gasteiger charge is -2.03. The van der Waals surface area contributed by atoms with Crippen LogP contribution in [0.2, 0.25) is 0 Å². The molecule has 0 bridgehead atoms. The Bertz CT molecular complexity index is 1230. The molecule has 0 aliphatic carbocycles. The highest BCUT2D eigenvalue weighted by Crippen LogP contribution is 2.34. The van der Waals surface area contributed by atoms with E-state index in [0.29, 0.717) is 5.65 Å². The first-order valence-electron chi connectivity index (χ1n) is 7.83. The third-order valence-corrected chi connectivity index (χ3v) is 4.21. The predicted molar refractivity (Wildman–Crippen MR) is 93.7 cm³/mol. The van der Waals surface area contributed by atoms with E-state index in [1.165, 1.54) is 0 Å². The summed E-state index contributed by atoms with van der Waals surface area (Å²) in [6.07, 6.45) is 9.07. The Hall–Kier alpha value is -3.55. The average molecular weight is 330 g/mol. The fourth-order valence-electron chi connectivity index (χ4n) is 3.12. The monoisotopic (exact) mass is 330 g/mol. The van der Waals surface area contributed by atoms with Crippen molar-refractivity contribution in [2.45, 2.75) is 6.92 Å². The number of rotatable bonds is 2. The summed E-state index contributed by atoms with van der Waals surface area (Å²) in [6.45, 7) is 1.92. The maximum atomic E-state index is 4.49. The fourth-order valence-corrected chi connectivity index (χ4v) is 3.12. The van der Waals surface area contributed by atoms with Crippen LogP contribution in [-0.4, -0.2) is 39.7 Å². The van der Waals surface area contributed by atoms with Crippen molar-refractivity contribution in [1.82, 2.24) is 39.7 Å². The lowest BCUT2D eigenvalue weighted by Crippen LogP contribution is -1.89. The zero-order valence-corrected chi connectivity index (χ0v) is 13.6. The molecule has 0 saturated carbocycles. The van der Waals surface area contributed by atoms with Crippen LogP contribution in [0.5, 0.6) is 0 Å². The number of fused-ring (bicyclic) bond motifs is 2. The first-order chi connectivity index (χ1) is 12.2. The standard InChI is InChI=1S/C17H14N8/c1-9-23-13-3-10(4-18-16(13)24-9)12-6-19-17-14(12)15(20-8-21-17)11-5-22-25(2)7-11/h3-8H,1-2H3,(H,18,23,24)(H,19,20,21). The molecule has 0 spiro atoms. The number of aryl methyl sites for hydroxylation is 2. The second-order valence-corrected chi connectivity index (χ2v) is 5.97. The van der Waals surface area contributed by atoms with E-state index < -0.39 is 0 Å². The van der Waals surface area contributed by atoms with E-state index in [1.807, 2.05) is 38.6 Å². The zero-order valence-electron chi connectivity index (χ0n) is 13.6. The summed E-state index contributed by atoms with van der Waals surface area (Å²) >= 11 is 0. The van der Waals surface area contributed by atoms with E-state index in [2.05, 4.69) is 35.0 Å². The van der Waals surface area contributed by atoms with Gasteiger partial charge in [0.2, 0.25) is 0 Å². The number of imidazole rings is 1. The Morgan fingerprint density at radius 1 is 1.08 bits per heavy atom. The molecule has 0 fully saturated rings. The summed E-state index contributed by atoms with van der Waals surface area (Å²) in [4.78, 5) is 24.1. The molecule has 0 atom stereocenters. The molecule has 0 unspecified atom stereocenters. The molecule has 5 heterocycles. The quantitative estimate of drug-likeness (QED) is 0.518. The molecule has 25 heavy (non-hydrogen) atoms. The first kappa shape index (κ1) is 13.8. The highest BCUT2D eigenvalue weighted by molar-refractivity contribution is 6.02. The predicted octanol–water partition coefficient (Wildman–Crippen LogP) is 2.61. The number of pyridine rings is 1. The normalized spacial score (nSPS) is 11.6. The molecule has 0 aliphatic rings. The molecule has 5 aromatic heterocycles. The molecule has 0 aromatic carbocycles. The van der Waals surface area contributed by atoms with E-state index in [-0.39, 0.29) is 0 Å². The Labute approximate surface area is 142 Å². The van der Waals surface area contributed by atoms with Crippen LogP contribution in [0.25, 0.3) is 44.6 Å². The maximum absolute atomic E-state index is 4.49. The van der Waals surface area contributed by atoms with Crippen LogP contribution in [0, 0.1) is 6.92 Å². The number of aromatic amines is 2. The molecule has 0 radical (unpaired) electrons. The lowest BCUT2D eigenvalue weighted by molar-refractivity contribution is 0.768. The number of hydrogen-bond acceptors (Lipinski definition) is 5. The third-order valence-electron chi connectivity index (χ3n) is 4.21. The Morgan fingerprint density at radius 2 is 2.00 bits per heavy atom. The van der Waals surface area contributed by atoms with Gasteiger partial charge in [-0.15, -0.1) is 0 Å². The summed E-state index contributed by atoms with van der Waals surface area (Å²) in [5.74, 6) is 0.845. The molecule has 8 nitrogen and oxygen atoms in total.